The average Bonchev–Trinajstić information content (AvgIpc) is 3.07. The lowest BCUT2D eigenvalue weighted by molar-refractivity contribution is -0.0115. The van der Waals surface area contributed by atoms with E-state index in [4.69, 9.17) is 4.74 Å². The second-order valence-corrected chi connectivity index (χ2v) is 8.41. The van der Waals surface area contributed by atoms with E-state index in [1.54, 1.807) is 0 Å². The van der Waals surface area contributed by atoms with Crippen LogP contribution in [-0.2, 0) is 0 Å². The summed E-state index contributed by atoms with van der Waals surface area (Å²) in [6, 6.07) is 8.87. The smallest absolute Gasteiger partial charge is 0.122 e. The predicted molar refractivity (Wildman–Crippen MR) is 113 cm³/mol. The molecule has 0 saturated heterocycles. The summed E-state index contributed by atoms with van der Waals surface area (Å²) in [4.78, 5) is 1.45. The van der Waals surface area contributed by atoms with Gasteiger partial charge in [-0.05, 0) is 67.3 Å². The molecule has 0 amide bonds. The molecule has 2 nitrogen and oxygen atoms in total. The lowest BCUT2D eigenvalue weighted by Gasteiger charge is -2.26. The van der Waals surface area contributed by atoms with E-state index in [0.717, 1.165) is 11.3 Å². The molecule has 0 aliphatic carbocycles. The van der Waals surface area contributed by atoms with Gasteiger partial charge < -0.3 is 9.84 Å². The molecule has 0 fully saturated rings. The standard InChI is InChI=1S/C23H34O2S/c1-6-9-10-20(22-13-17(4)15-26-22)19-11-12-21(18(5)14-19)25-16-23(24,7-2)8-3/h11-15,20,24H,6-10,16H2,1-5H3. The van der Waals surface area contributed by atoms with Gasteiger partial charge in [0.1, 0.15) is 12.4 Å². The summed E-state index contributed by atoms with van der Waals surface area (Å²) in [6.45, 7) is 10.9. The van der Waals surface area contributed by atoms with Crippen LogP contribution in [0, 0.1) is 13.8 Å². The quantitative estimate of drug-likeness (QED) is 0.506. The normalized spacial score (nSPS) is 13.0. The number of hydrogen-bond acceptors (Lipinski definition) is 3. The molecular weight excluding hydrogens is 340 g/mol. The SMILES string of the molecule is CCCCC(c1ccc(OCC(O)(CC)CC)c(C)c1)c1cc(C)cs1. The first-order chi connectivity index (χ1) is 12.4. The largest absolute Gasteiger partial charge is 0.490 e. The Morgan fingerprint density at radius 3 is 2.38 bits per heavy atom. The average molecular weight is 375 g/mol. The van der Waals surface area contributed by atoms with Crippen molar-refractivity contribution in [3.63, 3.8) is 0 Å². The van der Waals surface area contributed by atoms with Gasteiger partial charge in [0.15, 0.2) is 0 Å². The highest BCUT2D eigenvalue weighted by Gasteiger charge is 2.23. The minimum atomic E-state index is -0.733. The number of aryl methyl sites for hydroxylation is 2. The van der Waals surface area contributed by atoms with Gasteiger partial charge in [-0.2, -0.15) is 0 Å². The zero-order chi connectivity index (χ0) is 19.2. The third-order valence-corrected chi connectivity index (χ3v) is 6.52. The Balaban J connectivity index is 2.19. The van der Waals surface area contributed by atoms with Crippen LogP contribution in [0.1, 0.15) is 80.4 Å². The van der Waals surface area contributed by atoms with Crippen LogP contribution >= 0.6 is 11.3 Å². The van der Waals surface area contributed by atoms with Crippen LogP contribution in [0.2, 0.25) is 0 Å². The van der Waals surface area contributed by atoms with E-state index in [0.29, 0.717) is 25.4 Å². The van der Waals surface area contributed by atoms with Gasteiger partial charge in [-0.3, -0.25) is 0 Å². The molecule has 2 rings (SSSR count). The molecule has 1 aromatic heterocycles. The predicted octanol–water partition coefficient (Wildman–Crippen LogP) is 6.62. The molecule has 1 N–H and O–H groups in total. The van der Waals surface area contributed by atoms with Gasteiger partial charge in [0.25, 0.3) is 0 Å². The minimum absolute atomic E-state index is 0.351. The van der Waals surface area contributed by atoms with Gasteiger partial charge in [-0.15, -0.1) is 11.3 Å². The molecule has 1 heterocycles. The fraction of sp³-hybridized carbons (Fsp3) is 0.565. The maximum Gasteiger partial charge on any atom is 0.122 e. The molecule has 0 bridgehead atoms. The zero-order valence-corrected chi connectivity index (χ0v) is 17.8. The van der Waals surface area contributed by atoms with E-state index < -0.39 is 5.60 Å². The highest BCUT2D eigenvalue weighted by molar-refractivity contribution is 7.10. The van der Waals surface area contributed by atoms with Crippen LogP contribution in [0.25, 0.3) is 0 Å². The minimum Gasteiger partial charge on any atom is -0.490 e. The van der Waals surface area contributed by atoms with Crippen molar-refractivity contribution in [3.05, 3.63) is 51.2 Å². The van der Waals surface area contributed by atoms with Crippen molar-refractivity contribution >= 4 is 11.3 Å². The number of hydrogen-bond donors (Lipinski definition) is 1. The van der Waals surface area contributed by atoms with Crippen molar-refractivity contribution in [2.45, 2.75) is 78.2 Å². The molecule has 0 saturated carbocycles. The lowest BCUT2D eigenvalue weighted by atomic mass is 9.90. The molecule has 1 aromatic carbocycles. The molecule has 3 heteroatoms. The maximum absolute atomic E-state index is 10.4. The first-order valence-electron chi connectivity index (χ1n) is 9.93. The monoisotopic (exact) mass is 374 g/mol. The summed E-state index contributed by atoms with van der Waals surface area (Å²) in [5, 5.41) is 12.7. The van der Waals surface area contributed by atoms with E-state index in [-0.39, 0.29) is 0 Å². The lowest BCUT2D eigenvalue weighted by Crippen LogP contribution is -2.34. The van der Waals surface area contributed by atoms with E-state index >= 15 is 0 Å². The van der Waals surface area contributed by atoms with E-state index in [1.807, 2.05) is 25.2 Å². The molecule has 1 unspecified atom stereocenters. The van der Waals surface area contributed by atoms with Crippen LogP contribution < -0.4 is 4.74 Å². The molecular formula is C23H34O2S. The number of benzene rings is 1. The van der Waals surface area contributed by atoms with Crippen molar-refractivity contribution in [2.24, 2.45) is 0 Å². The molecule has 144 valence electrons. The highest BCUT2D eigenvalue weighted by Crippen LogP contribution is 2.36. The Kier molecular flexibility index (Phi) is 7.72. The summed E-state index contributed by atoms with van der Waals surface area (Å²) >= 11 is 1.87. The fourth-order valence-electron chi connectivity index (χ4n) is 3.24. The Morgan fingerprint density at radius 2 is 1.85 bits per heavy atom. The van der Waals surface area contributed by atoms with Crippen LogP contribution in [0.15, 0.2) is 29.6 Å². The third-order valence-electron chi connectivity index (χ3n) is 5.35. The Hall–Kier alpha value is -1.32. The van der Waals surface area contributed by atoms with E-state index in [1.165, 1.54) is 35.3 Å². The molecule has 0 aliphatic rings. The fourth-order valence-corrected chi connectivity index (χ4v) is 4.30. The number of aliphatic hydroxyl groups is 1. The number of unbranched alkanes of at least 4 members (excludes halogenated alkanes) is 1. The van der Waals surface area contributed by atoms with Gasteiger partial charge in [0.05, 0.1) is 5.60 Å². The van der Waals surface area contributed by atoms with Crippen LogP contribution in [-0.4, -0.2) is 17.3 Å². The van der Waals surface area contributed by atoms with Gasteiger partial charge in [-0.25, -0.2) is 0 Å². The summed E-state index contributed by atoms with van der Waals surface area (Å²) in [5.74, 6) is 1.34. The van der Waals surface area contributed by atoms with Gasteiger partial charge in [-0.1, -0.05) is 45.7 Å². The molecule has 2 aromatic rings. The van der Waals surface area contributed by atoms with Gasteiger partial charge in [0, 0.05) is 10.8 Å². The summed E-state index contributed by atoms with van der Waals surface area (Å²) in [5.41, 5.74) is 3.13. The zero-order valence-electron chi connectivity index (χ0n) is 17.0. The topological polar surface area (TPSA) is 29.5 Å². The van der Waals surface area contributed by atoms with Crippen LogP contribution in [0.4, 0.5) is 0 Å². The van der Waals surface area contributed by atoms with Gasteiger partial charge >= 0.3 is 0 Å². The second kappa shape index (κ2) is 9.57. The summed E-state index contributed by atoms with van der Waals surface area (Å²) < 4.78 is 5.96. The van der Waals surface area contributed by atoms with Crippen molar-refractivity contribution < 1.29 is 9.84 Å². The van der Waals surface area contributed by atoms with Gasteiger partial charge in [0.2, 0.25) is 0 Å². The number of thiophene rings is 1. The Morgan fingerprint density at radius 1 is 1.12 bits per heavy atom. The second-order valence-electron chi connectivity index (χ2n) is 7.47. The Labute approximate surface area is 163 Å². The molecule has 0 aliphatic heterocycles. The molecule has 0 radical (unpaired) electrons. The van der Waals surface area contributed by atoms with Crippen molar-refractivity contribution in [1.82, 2.24) is 0 Å². The molecule has 0 spiro atoms. The van der Waals surface area contributed by atoms with Crippen molar-refractivity contribution in [2.75, 3.05) is 6.61 Å². The first kappa shape index (κ1) is 21.0. The Bertz CT molecular complexity index is 685. The summed E-state index contributed by atoms with van der Waals surface area (Å²) in [7, 11) is 0. The van der Waals surface area contributed by atoms with E-state index in [9.17, 15) is 5.11 Å². The third kappa shape index (κ3) is 5.34. The van der Waals surface area contributed by atoms with Crippen molar-refractivity contribution in [3.8, 4) is 5.75 Å². The van der Waals surface area contributed by atoms with Crippen molar-refractivity contribution in [1.29, 1.82) is 0 Å². The van der Waals surface area contributed by atoms with Crippen LogP contribution in [0.3, 0.4) is 0 Å². The summed E-state index contributed by atoms with van der Waals surface area (Å²) in [6.07, 6.45) is 5.04. The maximum atomic E-state index is 10.4. The highest BCUT2D eigenvalue weighted by atomic mass is 32.1. The first-order valence-corrected chi connectivity index (χ1v) is 10.8. The van der Waals surface area contributed by atoms with E-state index in [2.05, 4.69) is 50.4 Å². The van der Waals surface area contributed by atoms with Crippen LogP contribution in [0.5, 0.6) is 5.75 Å². The molecule has 1 atom stereocenters. The molecule has 26 heavy (non-hydrogen) atoms. The number of ether oxygens (including phenoxy) is 1. The number of rotatable bonds is 10.